The zero-order valence-electron chi connectivity index (χ0n) is 11.7. The zero-order valence-corrected chi connectivity index (χ0v) is 13.3. The molecule has 0 saturated carbocycles. The van der Waals surface area contributed by atoms with Gasteiger partial charge in [-0.2, -0.15) is 5.10 Å². The van der Waals surface area contributed by atoms with Gasteiger partial charge >= 0.3 is 0 Å². The highest BCUT2D eigenvalue weighted by atomic mass is 79.9. The molecule has 110 valence electrons. The van der Waals surface area contributed by atoms with Gasteiger partial charge in [0.15, 0.2) is 0 Å². The maximum absolute atomic E-state index is 14.1. The zero-order chi connectivity index (χ0) is 15.1. The molecule has 0 radical (unpaired) electrons. The summed E-state index contributed by atoms with van der Waals surface area (Å²) >= 11 is 3.44. The molecule has 0 atom stereocenters. The van der Waals surface area contributed by atoms with Gasteiger partial charge in [0.1, 0.15) is 17.3 Å². The van der Waals surface area contributed by atoms with Crippen LogP contribution >= 0.6 is 15.9 Å². The number of fused-ring (bicyclic) bond motifs is 1. The van der Waals surface area contributed by atoms with Gasteiger partial charge in [-0.15, -0.1) is 0 Å². The first-order chi connectivity index (χ1) is 10.7. The molecule has 0 fully saturated rings. The van der Waals surface area contributed by atoms with E-state index >= 15 is 0 Å². The Morgan fingerprint density at radius 1 is 1.09 bits per heavy atom. The van der Waals surface area contributed by atoms with E-state index in [9.17, 15) is 4.39 Å². The number of hydrogen-bond donors (Lipinski definition) is 1. The van der Waals surface area contributed by atoms with Crippen LogP contribution in [-0.2, 0) is 6.42 Å². The van der Waals surface area contributed by atoms with E-state index in [1.54, 1.807) is 12.1 Å². The number of hydrogen-bond acceptors (Lipinski definition) is 2. The molecule has 5 heteroatoms. The van der Waals surface area contributed by atoms with Gasteiger partial charge in [-0.25, -0.2) is 9.07 Å². The van der Waals surface area contributed by atoms with E-state index in [1.165, 1.54) is 6.07 Å². The smallest absolute Gasteiger partial charge is 0.133 e. The largest absolute Gasteiger partial charge is 0.369 e. The minimum absolute atomic E-state index is 0.238. The number of nitrogens with zero attached hydrogens (tertiary/aromatic N) is 2. The molecule has 22 heavy (non-hydrogen) atoms. The van der Waals surface area contributed by atoms with Crippen molar-refractivity contribution < 1.29 is 4.39 Å². The normalized spacial score (nSPS) is 13.0. The molecule has 0 bridgehead atoms. The standard InChI is InChI=1S/C17H13BrFN3/c18-11-5-7-12(8-6-11)22-17-14(9-10-20-17)16(21-22)13-3-1-2-4-15(13)19/h1-8,20H,9-10H2. The number of rotatable bonds is 2. The molecule has 0 saturated heterocycles. The van der Waals surface area contributed by atoms with Gasteiger partial charge in [0.2, 0.25) is 0 Å². The molecule has 1 aromatic heterocycles. The summed E-state index contributed by atoms with van der Waals surface area (Å²) in [5.41, 5.74) is 3.31. The third kappa shape index (κ3) is 2.13. The Labute approximate surface area is 135 Å². The van der Waals surface area contributed by atoms with Crippen molar-refractivity contribution in [3.05, 3.63) is 64.4 Å². The van der Waals surface area contributed by atoms with E-state index in [0.29, 0.717) is 5.56 Å². The Balaban J connectivity index is 1.90. The van der Waals surface area contributed by atoms with Crippen LogP contribution in [0, 0.1) is 5.82 Å². The van der Waals surface area contributed by atoms with Crippen molar-refractivity contribution in [3.63, 3.8) is 0 Å². The number of anilines is 1. The van der Waals surface area contributed by atoms with Crippen molar-refractivity contribution in [3.8, 4) is 16.9 Å². The van der Waals surface area contributed by atoms with Crippen molar-refractivity contribution >= 4 is 21.7 Å². The fourth-order valence-corrected chi connectivity index (χ4v) is 3.08. The lowest BCUT2D eigenvalue weighted by Crippen LogP contribution is -2.04. The number of aromatic nitrogens is 2. The molecule has 1 N–H and O–H groups in total. The lowest BCUT2D eigenvalue weighted by molar-refractivity contribution is 0.630. The third-order valence-electron chi connectivity index (χ3n) is 3.85. The molecule has 0 aliphatic carbocycles. The highest BCUT2D eigenvalue weighted by molar-refractivity contribution is 9.10. The van der Waals surface area contributed by atoms with Crippen LogP contribution in [0.4, 0.5) is 10.2 Å². The highest BCUT2D eigenvalue weighted by Gasteiger charge is 2.25. The third-order valence-corrected chi connectivity index (χ3v) is 4.38. The average molecular weight is 358 g/mol. The number of benzene rings is 2. The summed E-state index contributed by atoms with van der Waals surface area (Å²) in [6.07, 6.45) is 0.857. The molecule has 2 aromatic carbocycles. The monoisotopic (exact) mass is 357 g/mol. The Bertz CT molecular complexity index is 840. The average Bonchev–Trinajstić information content (AvgIpc) is 3.11. The highest BCUT2D eigenvalue weighted by Crippen LogP contribution is 2.35. The van der Waals surface area contributed by atoms with E-state index in [0.717, 1.165) is 40.2 Å². The van der Waals surface area contributed by atoms with E-state index in [2.05, 4.69) is 26.3 Å². The van der Waals surface area contributed by atoms with Crippen molar-refractivity contribution in [1.82, 2.24) is 9.78 Å². The van der Waals surface area contributed by atoms with Crippen molar-refractivity contribution in [2.45, 2.75) is 6.42 Å². The summed E-state index contributed by atoms with van der Waals surface area (Å²) in [6.45, 7) is 0.852. The van der Waals surface area contributed by atoms with Gasteiger partial charge in [0, 0.05) is 22.1 Å². The molecule has 2 heterocycles. The second-order valence-corrected chi connectivity index (χ2v) is 6.14. The minimum atomic E-state index is -0.238. The molecule has 0 spiro atoms. The second-order valence-electron chi connectivity index (χ2n) is 5.22. The minimum Gasteiger partial charge on any atom is -0.369 e. The van der Waals surface area contributed by atoms with Crippen LogP contribution in [0.5, 0.6) is 0 Å². The van der Waals surface area contributed by atoms with E-state index in [-0.39, 0.29) is 5.82 Å². The number of halogens is 2. The van der Waals surface area contributed by atoms with Gasteiger partial charge < -0.3 is 5.32 Å². The van der Waals surface area contributed by atoms with Crippen LogP contribution < -0.4 is 5.32 Å². The quantitative estimate of drug-likeness (QED) is 0.736. The first-order valence-corrected chi connectivity index (χ1v) is 7.90. The predicted octanol–water partition coefficient (Wildman–Crippen LogP) is 4.41. The first-order valence-electron chi connectivity index (χ1n) is 7.10. The molecule has 4 rings (SSSR count). The van der Waals surface area contributed by atoms with Crippen molar-refractivity contribution in [2.24, 2.45) is 0 Å². The predicted molar refractivity (Wildman–Crippen MR) is 88.9 cm³/mol. The van der Waals surface area contributed by atoms with Gasteiger partial charge in [-0.1, -0.05) is 28.1 Å². The Kier molecular flexibility index (Phi) is 3.22. The van der Waals surface area contributed by atoms with E-state index < -0.39 is 0 Å². The van der Waals surface area contributed by atoms with E-state index in [4.69, 9.17) is 0 Å². The van der Waals surface area contributed by atoms with Crippen LogP contribution in [0.2, 0.25) is 0 Å². The maximum Gasteiger partial charge on any atom is 0.133 e. The first kappa shape index (κ1) is 13.5. The van der Waals surface area contributed by atoms with Crippen molar-refractivity contribution in [1.29, 1.82) is 0 Å². The van der Waals surface area contributed by atoms with Crippen LogP contribution in [0.3, 0.4) is 0 Å². The lowest BCUT2D eigenvalue weighted by Gasteiger charge is -2.06. The summed E-state index contributed by atoms with van der Waals surface area (Å²) in [4.78, 5) is 0. The van der Waals surface area contributed by atoms with Crippen LogP contribution in [0.1, 0.15) is 5.56 Å². The summed E-state index contributed by atoms with van der Waals surface area (Å²) < 4.78 is 17.0. The van der Waals surface area contributed by atoms with Crippen LogP contribution in [0.15, 0.2) is 53.0 Å². The summed E-state index contributed by atoms with van der Waals surface area (Å²) in [5.74, 6) is 0.721. The Hall–Kier alpha value is -2.14. The second kappa shape index (κ2) is 5.25. The topological polar surface area (TPSA) is 29.9 Å². The van der Waals surface area contributed by atoms with Gasteiger partial charge in [-0.3, -0.25) is 0 Å². The summed E-state index contributed by atoms with van der Waals surface area (Å²) in [6, 6.07) is 14.7. The summed E-state index contributed by atoms with van der Waals surface area (Å²) in [7, 11) is 0. The van der Waals surface area contributed by atoms with Crippen molar-refractivity contribution in [2.75, 3.05) is 11.9 Å². The van der Waals surface area contributed by atoms with Crippen LogP contribution in [-0.4, -0.2) is 16.3 Å². The maximum atomic E-state index is 14.1. The fraction of sp³-hybridized carbons (Fsp3) is 0.118. The lowest BCUT2D eigenvalue weighted by atomic mass is 10.1. The van der Waals surface area contributed by atoms with Gasteiger partial charge in [0.25, 0.3) is 0 Å². The van der Waals surface area contributed by atoms with Gasteiger partial charge in [-0.05, 0) is 42.8 Å². The molecular formula is C17H13BrFN3. The molecule has 3 aromatic rings. The van der Waals surface area contributed by atoms with E-state index in [1.807, 2.05) is 35.0 Å². The SMILES string of the molecule is Fc1ccccc1-c1nn(-c2ccc(Br)cc2)c2c1CCN2. The Morgan fingerprint density at radius 3 is 2.64 bits per heavy atom. The molecule has 0 unspecified atom stereocenters. The molecular weight excluding hydrogens is 345 g/mol. The molecule has 1 aliphatic rings. The molecule has 1 aliphatic heterocycles. The molecule has 3 nitrogen and oxygen atoms in total. The van der Waals surface area contributed by atoms with Gasteiger partial charge in [0.05, 0.1) is 5.69 Å². The van der Waals surface area contributed by atoms with Crippen LogP contribution in [0.25, 0.3) is 16.9 Å². The Morgan fingerprint density at radius 2 is 1.86 bits per heavy atom. The fourth-order valence-electron chi connectivity index (χ4n) is 2.81. The molecule has 0 amide bonds. The number of nitrogens with one attached hydrogen (secondary N) is 1. The summed E-state index contributed by atoms with van der Waals surface area (Å²) in [5, 5.41) is 8.02.